The van der Waals surface area contributed by atoms with Gasteiger partial charge in [-0.1, -0.05) is 115 Å². The maximum absolute atomic E-state index is 7.00. The van der Waals surface area contributed by atoms with Crippen LogP contribution in [0.3, 0.4) is 0 Å². The van der Waals surface area contributed by atoms with Crippen LogP contribution in [-0.2, 0) is 40.2 Å². The molecule has 362 valence electrons. The van der Waals surface area contributed by atoms with Gasteiger partial charge in [-0.2, -0.15) is 0 Å². The minimum absolute atomic E-state index is 0. The van der Waals surface area contributed by atoms with Crippen molar-refractivity contribution in [3.05, 3.63) is 279 Å². The largest absolute Gasteiger partial charge is 0.400 e. The summed E-state index contributed by atoms with van der Waals surface area (Å²) >= 11 is 0. The Bertz CT molecular complexity index is 3030. The quantitative estimate of drug-likeness (QED) is 0.161. The standard InChI is InChI=1S/C19H14N2.C19H13N2.2C11H8N.2CH4O.2Ir/c2*1-3-9-15(10-4-1)19-20-17-13-7-8-14-18(17)21(19)16-11-5-2-6-12-16;2*1-2-6-10(7-3-1)11-8-4-5-9-12-11;2*1-2;;/h1-14H;1-9,11-14H;2*1-6,8-9H;2*2H,1H3;;/q;3*-1;;;;. The summed E-state index contributed by atoms with van der Waals surface area (Å²) in [5.41, 5.74) is 12.6. The third-order valence-electron chi connectivity index (χ3n) is 10.4. The number of fused-ring (bicyclic) bond motifs is 2. The summed E-state index contributed by atoms with van der Waals surface area (Å²) in [4.78, 5) is 18.0. The summed E-state index contributed by atoms with van der Waals surface area (Å²) < 4.78 is 4.39. The summed E-state index contributed by atoms with van der Waals surface area (Å²) in [6.07, 6.45) is 3.58. The van der Waals surface area contributed by atoms with Gasteiger partial charge in [0.2, 0.25) is 0 Å². The smallest absolute Gasteiger partial charge is 0.145 e. The molecule has 0 unspecified atom stereocenters. The molecule has 8 aromatic carbocycles. The van der Waals surface area contributed by atoms with Gasteiger partial charge in [0.05, 0.1) is 27.9 Å². The number of aliphatic hydroxyl groups is 2. The molecule has 0 atom stereocenters. The van der Waals surface area contributed by atoms with Crippen LogP contribution in [0.15, 0.2) is 261 Å². The molecule has 10 heteroatoms. The minimum Gasteiger partial charge on any atom is -0.400 e. The second kappa shape index (κ2) is 30.1. The van der Waals surface area contributed by atoms with Gasteiger partial charge >= 0.3 is 0 Å². The number of benzene rings is 8. The van der Waals surface area contributed by atoms with Crippen LogP contribution in [0.1, 0.15) is 0 Å². The van der Waals surface area contributed by atoms with Crippen molar-refractivity contribution in [2.45, 2.75) is 0 Å². The Morgan fingerprint density at radius 2 is 0.681 bits per heavy atom. The minimum atomic E-state index is 0. The number of rotatable bonds is 6. The Hall–Kier alpha value is -7.78. The van der Waals surface area contributed by atoms with E-state index in [0.29, 0.717) is 0 Å². The van der Waals surface area contributed by atoms with Crippen LogP contribution in [-0.4, -0.2) is 53.5 Å². The maximum Gasteiger partial charge on any atom is 0.145 e. The van der Waals surface area contributed by atoms with Crippen molar-refractivity contribution >= 4 is 22.1 Å². The van der Waals surface area contributed by atoms with Crippen LogP contribution in [0.25, 0.3) is 78.7 Å². The van der Waals surface area contributed by atoms with E-state index < -0.39 is 0 Å². The van der Waals surface area contributed by atoms with Gasteiger partial charge in [-0.25, -0.2) is 4.98 Å². The number of nitrogens with zero attached hydrogens (tertiary/aromatic N) is 6. The molecule has 4 heterocycles. The Labute approximate surface area is 448 Å². The number of hydrogen-bond donors (Lipinski definition) is 2. The zero-order valence-electron chi connectivity index (χ0n) is 39.6. The van der Waals surface area contributed by atoms with Gasteiger partial charge in [0.1, 0.15) is 5.82 Å². The van der Waals surface area contributed by atoms with E-state index in [1.165, 1.54) is 0 Å². The topological polar surface area (TPSA) is 102 Å². The van der Waals surface area contributed by atoms with Crippen molar-refractivity contribution in [2.75, 3.05) is 14.2 Å². The maximum atomic E-state index is 7.00. The third-order valence-corrected chi connectivity index (χ3v) is 10.4. The third kappa shape index (κ3) is 14.6. The zero-order valence-corrected chi connectivity index (χ0v) is 44.4. The molecule has 8 nitrogen and oxygen atoms in total. The summed E-state index contributed by atoms with van der Waals surface area (Å²) in [5.74, 6) is 1.89. The molecular weight excluding hydrogens is 1250 g/mol. The molecule has 0 amide bonds. The normalized spacial score (nSPS) is 9.72. The van der Waals surface area contributed by atoms with E-state index in [0.717, 1.165) is 93.0 Å². The van der Waals surface area contributed by atoms with Gasteiger partial charge in [-0.3, -0.25) is 9.55 Å². The molecule has 0 bridgehead atoms. The Morgan fingerprint density at radius 1 is 0.333 bits per heavy atom. The van der Waals surface area contributed by atoms with E-state index in [2.05, 4.69) is 110 Å². The van der Waals surface area contributed by atoms with Crippen LogP contribution in [0.5, 0.6) is 0 Å². The fraction of sp³-hybridized carbons (Fsp3) is 0.0323. The summed E-state index contributed by atoms with van der Waals surface area (Å²) in [7, 11) is 2.00. The number of imidazole rings is 2. The van der Waals surface area contributed by atoms with Gasteiger partial charge in [0.15, 0.2) is 0 Å². The van der Waals surface area contributed by atoms with Crippen molar-refractivity contribution in [1.82, 2.24) is 29.1 Å². The Kier molecular flexibility index (Phi) is 23.0. The zero-order chi connectivity index (χ0) is 48.6. The average Bonchev–Trinajstić information content (AvgIpc) is 4.07. The Balaban J connectivity index is 0.000000178. The van der Waals surface area contributed by atoms with Crippen molar-refractivity contribution in [3.8, 4) is 56.7 Å². The van der Waals surface area contributed by atoms with E-state index in [1.807, 2.05) is 176 Å². The SMILES string of the molecule is CO.CO.[Ir].[Ir].[c-]1ccccc1-c1ccccn1.[c-]1ccccc1-c1ccccn1.[c-]1ccccc1-c1nc2ccccc2n1-c1ccccc1.c1ccc(-c2nc3ccccc3n2-c2ccccc2)cc1. The second-order valence-corrected chi connectivity index (χ2v) is 14.8. The van der Waals surface area contributed by atoms with Gasteiger partial charge in [0, 0.05) is 83.8 Å². The second-order valence-electron chi connectivity index (χ2n) is 14.8. The first-order valence-corrected chi connectivity index (χ1v) is 22.5. The van der Waals surface area contributed by atoms with Gasteiger partial charge in [-0.15, -0.1) is 108 Å². The van der Waals surface area contributed by atoms with Gasteiger partial charge in [0.25, 0.3) is 0 Å². The summed E-state index contributed by atoms with van der Waals surface area (Å²) in [6.45, 7) is 0. The summed E-state index contributed by atoms with van der Waals surface area (Å²) in [5, 5.41) is 14.0. The molecular formula is C62H51Ir2N6O2-3. The molecule has 4 aromatic heterocycles. The molecule has 0 aliphatic heterocycles. The number of pyridine rings is 2. The molecule has 0 fully saturated rings. The van der Waals surface area contributed by atoms with Crippen LogP contribution >= 0.6 is 0 Å². The molecule has 12 rings (SSSR count). The molecule has 0 saturated heterocycles. The van der Waals surface area contributed by atoms with Crippen LogP contribution < -0.4 is 0 Å². The molecule has 2 radical (unpaired) electrons. The first kappa shape index (κ1) is 55.2. The van der Waals surface area contributed by atoms with Crippen molar-refractivity contribution in [3.63, 3.8) is 0 Å². The van der Waals surface area contributed by atoms with E-state index >= 15 is 0 Å². The molecule has 0 aliphatic rings. The number of hydrogen-bond acceptors (Lipinski definition) is 6. The predicted molar refractivity (Wildman–Crippen MR) is 285 cm³/mol. The fourth-order valence-corrected chi connectivity index (χ4v) is 7.37. The summed E-state index contributed by atoms with van der Waals surface area (Å²) in [6, 6.07) is 92.3. The fourth-order valence-electron chi connectivity index (χ4n) is 7.37. The van der Waals surface area contributed by atoms with Gasteiger partial charge < -0.3 is 24.7 Å². The molecule has 12 aromatic rings. The molecule has 2 N–H and O–H groups in total. The predicted octanol–water partition coefficient (Wildman–Crippen LogP) is 13.5. The molecule has 0 saturated carbocycles. The Morgan fingerprint density at radius 3 is 1.08 bits per heavy atom. The first-order chi connectivity index (χ1) is 34.8. The molecule has 0 spiro atoms. The van der Waals surface area contributed by atoms with E-state index in [-0.39, 0.29) is 40.2 Å². The van der Waals surface area contributed by atoms with Gasteiger partial charge in [-0.05, 0) is 72.1 Å². The number of aliphatic hydroxyl groups excluding tert-OH is 2. The van der Waals surface area contributed by atoms with E-state index in [9.17, 15) is 0 Å². The van der Waals surface area contributed by atoms with Crippen LogP contribution in [0.2, 0.25) is 0 Å². The van der Waals surface area contributed by atoms with Crippen LogP contribution in [0.4, 0.5) is 0 Å². The van der Waals surface area contributed by atoms with Crippen molar-refractivity contribution in [1.29, 1.82) is 0 Å². The van der Waals surface area contributed by atoms with Crippen LogP contribution in [0, 0.1) is 18.2 Å². The first-order valence-electron chi connectivity index (χ1n) is 22.5. The number of aromatic nitrogens is 6. The molecule has 72 heavy (non-hydrogen) atoms. The van der Waals surface area contributed by atoms with E-state index in [1.54, 1.807) is 12.4 Å². The average molecular weight is 1300 g/mol. The monoisotopic (exact) mass is 1300 g/mol. The molecule has 0 aliphatic carbocycles. The van der Waals surface area contributed by atoms with E-state index in [4.69, 9.17) is 20.2 Å². The van der Waals surface area contributed by atoms with Crippen molar-refractivity contribution in [2.24, 2.45) is 0 Å². The van der Waals surface area contributed by atoms with Crippen molar-refractivity contribution < 1.29 is 50.4 Å². The number of para-hydroxylation sites is 6.